The Morgan fingerprint density at radius 1 is 1.00 bits per heavy atom. The molecule has 0 bridgehead atoms. The van der Waals surface area contributed by atoms with E-state index in [-0.39, 0.29) is 0 Å². The molecule has 2 aromatic rings. The lowest BCUT2D eigenvalue weighted by Crippen LogP contribution is -2.21. The smallest absolute Gasteiger partial charge is 0.162 e. The van der Waals surface area contributed by atoms with E-state index in [4.69, 9.17) is 9.47 Å². The summed E-state index contributed by atoms with van der Waals surface area (Å²) in [5.41, 5.74) is 3.80. The summed E-state index contributed by atoms with van der Waals surface area (Å²) in [6.45, 7) is 0.951. The predicted molar refractivity (Wildman–Crippen MR) is 80.9 cm³/mol. The summed E-state index contributed by atoms with van der Waals surface area (Å²) in [6, 6.07) is 14.7. The van der Waals surface area contributed by atoms with Crippen molar-refractivity contribution in [2.75, 3.05) is 26.1 Å². The summed E-state index contributed by atoms with van der Waals surface area (Å²) in [4.78, 5) is 0. The van der Waals surface area contributed by atoms with Gasteiger partial charge in [0, 0.05) is 24.2 Å². The molecule has 3 nitrogen and oxygen atoms in total. The van der Waals surface area contributed by atoms with Crippen molar-refractivity contribution < 1.29 is 9.47 Å². The van der Waals surface area contributed by atoms with Gasteiger partial charge in [0.05, 0.1) is 14.2 Å². The molecule has 3 heteroatoms. The van der Waals surface area contributed by atoms with Gasteiger partial charge in [-0.1, -0.05) is 30.3 Å². The van der Waals surface area contributed by atoms with Crippen LogP contribution < -0.4 is 14.8 Å². The van der Waals surface area contributed by atoms with Crippen LogP contribution >= 0.6 is 0 Å². The van der Waals surface area contributed by atoms with Crippen LogP contribution in [0.15, 0.2) is 42.5 Å². The van der Waals surface area contributed by atoms with Gasteiger partial charge in [-0.25, -0.2) is 0 Å². The Labute approximate surface area is 119 Å². The minimum absolute atomic E-state index is 0.502. The predicted octanol–water partition coefficient (Wildman–Crippen LogP) is 3.46. The third kappa shape index (κ3) is 2.31. The standard InChI is InChI=1S/C17H19NO2/c1-19-16-9-13-8-14(12-6-4-3-5-7-12)11-18-15(13)10-17(16)20-2/h3-7,9-10,14,18H,8,11H2,1-2H3. The van der Waals surface area contributed by atoms with E-state index < -0.39 is 0 Å². The second-order valence-electron chi connectivity index (χ2n) is 5.06. The number of fused-ring (bicyclic) bond motifs is 1. The molecule has 0 aliphatic carbocycles. The first-order valence-electron chi connectivity index (χ1n) is 6.85. The van der Waals surface area contributed by atoms with Crippen LogP contribution in [0.3, 0.4) is 0 Å². The normalized spacial score (nSPS) is 17.0. The maximum absolute atomic E-state index is 5.39. The first-order chi connectivity index (χ1) is 9.81. The largest absolute Gasteiger partial charge is 0.493 e. The molecule has 0 amide bonds. The zero-order chi connectivity index (χ0) is 13.9. The van der Waals surface area contributed by atoms with Crippen LogP contribution in [0.5, 0.6) is 11.5 Å². The Kier molecular flexibility index (Phi) is 3.50. The van der Waals surface area contributed by atoms with E-state index in [0.29, 0.717) is 5.92 Å². The zero-order valence-electron chi connectivity index (χ0n) is 11.8. The van der Waals surface area contributed by atoms with Gasteiger partial charge >= 0.3 is 0 Å². The van der Waals surface area contributed by atoms with Crippen molar-refractivity contribution in [1.82, 2.24) is 0 Å². The Bertz CT molecular complexity index is 595. The third-order valence-corrected chi connectivity index (χ3v) is 3.89. The molecule has 0 fully saturated rings. The SMILES string of the molecule is COc1cc2c(cc1OC)NCC(c1ccccc1)C2. The molecule has 1 heterocycles. The lowest BCUT2D eigenvalue weighted by Gasteiger charge is -2.27. The van der Waals surface area contributed by atoms with Gasteiger partial charge < -0.3 is 14.8 Å². The topological polar surface area (TPSA) is 30.5 Å². The second-order valence-corrected chi connectivity index (χ2v) is 5.06. The molecule has 0 spiro atoms. The van der Waals surface area contributed by atoms with Crippen molar-refractivity contribution in [3.05, 3.63) is 53.6 Å². The lowest BCUT2D eigenvalue weighted by atomic mass is 9.88. The summed E-state index contributed by atoms with van der Waals surface area (Å²) in [5, 5.41) is 3.50. The molecule has 1 unspecified atom stereocenters. The minimum atomic E-state index is 0.502. The molecule has 1 aliphatic heterocycles. The second kappa shape index (κ2) is 5.45. The van der Waals surface area contributed by atoms with Gasteiger partial charge in [-0.3, -0.25) is 0 Å². The van der Waals surface area contributed by atoms with Crippen molar-refractivity contribution in [3.63, 3.8) is 0 Å². The van der Waals surface area contributed by atoms with Crippen LogP contribution in [0.4, 0.5) is 5.69 Å². The Morgan fingerprint density at radius 3 is 2.40 bits per heavy atom. The lowest BCUT2D eigenvalue weighted by molar-refractivity contribution is 0.354. The molecule has 104 valence electrons. The van der Waals surface area contributed by atoms with E-state index in [1.165, 1.54) is 11.1 Å². The van der Waals surface area contributed by atoms with Crippen molar-refractivity contribution >= 4 is 5.69 Å². The van der Waals surface area contributed by atoms with Crippen molar-refractivity contribution in [1.29, 1.82) is 0 Å². The highest BCUT2D eigenvalue weighted by Gasteiger charge is 2.21. The number of rotatable bonds is 3. The van der Waals surface area contributed by atoms with E-state index >= 15 is 0 Å². The van der Waals surface area contributed by atoms with E-state index in [1.54, 1.807) is 14.2 Å². The fraction of sp³-hybridized carbons (Fsp3) is 0.294. The average molecular weight is 269 g/mol. The van der Waals surface area contributed by atoms with Crippen molar-refractivity contribution in [3.8, 4) is 11.5 Å². The fourth-order valence-electron chi connectivity index (χ4n) is 2.79. The highest BCUT2D eigenvalue weighted by Crippen LogP contribution is 2.38. The quantitative estimate of drug-likeness (QED) is 0.925. The van der Waals surface area contributed by atoms with Gasteiger partial charge in [-0.2, -0.15) is 0 Å². The van der Waals surface area contributed by atoms with Crippen LogP contribution in [-0.4, -0.2) is 20.8 Å². The van der Waals surface area contributed by atoms with E-state index in [0.717, 1.165) is 30.2 Å². The van der Waals surface area contributed by atoms with Gasteiger partial charge in [0.2, 0.25) is 0 Å². The number of benzene rings is 2. The molecule has 3 rings (SSSR count). The van der Waals surface area contributed by atoms with Crippen LogP contribution in [0.25, 0.3) is 0 Å². The number of nitrogens with one attached hydrogen (secondary N) is 1. The molecular formula is C17H19NO2. The minimum Gasteiger partial charge on any atom is -0.493 e. The molecule has 2 aromatic carbocycles. The molecule has 0 saturated carbocycles. The third-order valence-electron chi connectivity index (χ3n) is 3.89. The van der Waals surface area contributed by atoms with Gasteiger partial charge in [-0.05, 0) is 23.6 Å². The van der Waals surface area contributed by atoms with Gasteiger partial charge in [-0.15, -0.1) is 0 Å². The maximum atomic E-state index is 5.39. The van der Waals surface area contributed by atoms with Crippen LogP contribution in [0.2, 0.25) is 0 Å². The van der Waals surface area contributed by atoms with Gasteiger partial charge in [0.25, 0.3) is 0 Å². The Balaban J connectivity index is 1.91. The first kappa shape index (κ1) is 12.9. The van der Waals surface area contributed by atoms with Crippen molar-refractivity contribution in [2.24, 2.45) is 0 Å². The summed E-state index contributed by atoms with van der Waals surface area (Å²) >= 11 is 0. The van der Waals surface area contributed by atoms with Gasteiger partial charge in [0.1, 0.15) is 0 Å². The highest BCUT2D eigenvalue weighted by molar-refractivity contribution is 5.62. The molecule has 0 aromatic heterocycles. The van der Waals surface area contributed by atoms with Crippen LogP contribution in [0, 0.1) is 0 Å². The summed E-state index contributed by atoms with van der Waals surface area (Å²) in [7, 11) is 3.34. The zero-order valence-corrected chi connectivity index (χ0v) is 11.8. The van der Waals surface area contributed by atoms with Gasteiger partial charge in [0.15, 0.2) is 11.5 Å². The molecule has 1 N–H and O–H groups in total. The van der Waals surface area contributed by atoms with E-state index in [9.17, 15) is 0 Å². The molecular weight excluding hydrogens is 250 g/mol. The molecule has 0 saturated heterocycles. The van der Waals surface area contributed by atoms with E-state index in [1.807, 2.05) is 6.07 Å². The Morgan fingerprint density at radius 2 is 1.70 bits per heavy atom. The van der Waals surface area contributed by atoms with Crippen LogP contribution in [-0.2, 0) is 6.42 Å². The highest BCUT2D eigenvalue weighted by atomic mass is 16.5. The maximum Gasteiger partial charge on any atom is 0.162 e. The average Bonchev–Trinajstić information content (AvgIpc) is 2.53. The summed E-state index contributed by atoms with van der Waals surface area (Å²) < 4.78 is 10.7. The van der Waals surface area contributed by atoms with E-state index in [2.05, 4.69) is 41.7 Å². The molecule has 1 aliphatic rings. The number of ether oxygens (including phenoxy) is 2. The number of hydrogen-bond acceptors (Lipinski definition) is 3. The molecule has 20 heavy (non-hydrogen) atoms. The van der Waals surface area contributed by atoms with Crippen molar-refractivity contribution in [2.45, 2.75) is 12.3 Å². The number of methoxy groups -OCH3 is 2. The molecule has 0 radical (unpaired) electrons. The number of anilines is 1. The summed E-state index contributed by atoms with van der Waals surface area (Å²) in [5.74, 6) is 2.07. The fourth-order valence-corrected chi connectivity index (χ4v) is 2.79. The summed E-state index contributed by atoms with van der Waals surface area (Å²) in [6.07, 6.45) is 1.02. The number of hydrogen-bond donors (Lipinski definition) is 1. The van der Waals surface area contributed by atoms with Crippen LogP contribution in [0.1, 0.15) is 17.0 Å². The monoisotopic (exact) mass is 269 g/mol. The first-order valence-corrected chi connectivity index (χ1v) is 6.85. The Hall–Kier alpha value is -2.16. The molecule has 1 atom stereocenters.